The van der Waals surface area contributed by atoms with Gasteiger partial charge in [0.25, 0.3) is 0 Å². The maximum atomic E-state index is 8.93. The third kappa shape index (κ3) is 4.51. The molecule has 0 radical (unpaired) electrons. The molecule has 1 aromatic heterocycles. The molecule has 5 nitrogen and oxygen atoms in total. The maximum absolute atomic E-state index is 8.93. The molecule has 0 spiro atoms. The first-order valence-corrected chi connectivity index (χ1v) is 6.95. The molecule has 2 rings (SSSR count). The topological polar surface area (TPSA) is 57.9 Å². The fraction of sp³-hybridized carbons (Fsp3) is 0.375. The third-order valence-corrected chi connectivity index (χ3v) is 3.21. The van der Waals surface area contributed by atoms with E-state index >= 15 is 0 Å². The first kappa shape index (κ1) is 15.4. The van der Waals surface area contributed by atoms with Gasteiger partial charge in [-0.3, -0.25) is 0 Å². The number of hydrogen-bond donors (Lipinski definition) is 2. The van der Waals surface area contributed by atoms with E-state index in [1.165, 1.54) is 0 Å². The Bertz CT molecular complexity index is 537. The van der Waals surface area contributed by atoms with Crippen molar-refractivity contribution in [1.82, 2.24) is 0 Å². The van der Waals surface area contributed by atoms with Crippen LogP contribution in [-0.2, 0) is 17.9 Å². The summed E-state index contributed by atoms with van der Waals surface area (Å²) in [4.78, 5) is 2.01. The molecule has 0 unspecified atom stereocenters. The Kier molecular flexibility index (Phi) is 5.66. The van der Waals surface area contributed by atoms with Crippen LogP contribution in [0.4, 0.5) is 11.4 Å². The molecule has 114 valence electrons. The number of hydrogen-bond acceptors (Lipinski definition) is 5. The zero-order chi connectivity index (χ0) is 15.1. The largest absolute Gasteiger partial charge is 0.462 e. The molecule has 0 aliphatic carbocycles. The lowest BCUT2D eigenvalue weighted by molar-refractivity contribution is 0.163. The van der Waals surface area contributed by atoms with Crippen molar-refractivity contribution < 1.29 is 14.3 Å². The molecular weight excluding hydrogens is 268 g/mol. The Morgan fingerprint density at radius 2 is 1.86 bits per heavy atom. The lowest BCUT2D eigenvalue weighted by atomic mass is 10.2. The number of likely N-dealkylation sites (N-methyl/N-ethyl adjacent to an activating group) is 1. The van der Waals surface area contributed by atoms with Crippen LogP contribution in [0, 0.1) is 0 Å². The van der Waals surface area contributed by atoms with Gasteiger partial charge >= 0.3 is 0 Å². The zero-order valence-electron chi connectivity index (χ0n) is 12.5. The number of ether oxygens (including phenoxy) is 1. The SMILES string of the molecule is COCc1ccc(CNc2ccc(N(C)CCO)cc2)o1. The Balaban J connectivity index is 1.88. The van der Waals surface area contributed by atoms with Gasteiger partial charge in [-0.2, -0.15) is 0 Å². The fourth-order valence-corrected chi connectivity index (χ4v) is 2.04. The predicted octanol–water partition coefficient (Wildman–Crippen LogP) is 2.47. The summed E-state index contributed by atoms with van der Waals surface area (Å²) in [5, 5.41) is 12.2. The molecule has 1 heterocycles. The molecule has 0 saturated heterocycles. The van der Waals surface area contributed by atoms with E-state index in [2.05, 4.69) is 5.32 Å². The quantitative estimate of drug-likeness (QED) is 0.782. The molecule has 21 heavy (non-hydrogen) atoms. The molecule has 1 aromatic carbocycles. The summed E-state index contributed by atoms with van der Waals surface area (Å²) in [5.74, 6) is 1.71. The van der Waals surface area contributed by atoms with Gasteiger partial charge in [-0.25, -0.2) is 0 Å². The molecule has 0 saturated carbocycles. The van der Waals surface area contributed by atoms with Crippen molar-refractivity contribution in [2.75, 3.05) is 37.5 Å². The van der Waals surface area contributed by atoms with Crippen LogP contribution < -0.4 is 10.2 Å². The Morgan fingerprint density at radius 3 is 2.52 bits per heavy atom. The lowest BCUT2D eigenvalue weighted by Gasteiger charge is -2.18. The summed E-state index contributed by atoms with van der Waals surface area (Å²) in [7, 11) is 3.61. The first-order valence-electron chi connectivity index (χ1n) is 6.95. The normalized spacial score (nSPS) is 10.6. The number of rotatable bonds is 8. The number of anilines is 2. The number of aliphatic hydroxyl groups is 1. The molecule has 2 N–H and O–H groups in total. The van der Waals surface area contributed by atoms with Gasteiger partial charge in [0, 0.05) is 32.1 Å². The summed E-state index contributed by atoms with van der Waals surface area (Å²) in [6.07, 6.45) is 0. The molecule has 0 aliphatic heterocycles. The van der Waals surface area contributed by atoms with Gasteiger partial charge < -0.3 is 24.5 Å². The number of aliphatic hydroxyl groups excluding tert-OH is 1. The van der Waals surface area contributed by atoms with Crippen molar-refractivity contribution in [1.29, 1.82) is 0 Å². The average Bonchev–Trinajstić information content (AvgIpc) is 2.94. The van der Waals surface area contributed by atoms with E-state index in [1.54, 1.807) is 7.11 Å². The smallest absolute Gasteiger partial charge is 0.129 e. The minimum absolute atomic E-state index is 0.152. The standard InChI is InChI=1S/C16H22N2O3/c1-18(9-10-19)14-5-3-13(4-6-14)17-11-15-7-8-16(21-15)12-20-2/h3-8,17,19H,9-12H2,1-2H3. The summed E-state index contributed by atoms with van der Waals surface area (Å²) in [6, 6.07) is 12.0. The number of nitrogens with zero attached hydrogens (tertiary/aromatic N) is 1. The van der Waals surface area contributed by atoms with E-state index in [4.69, 9.17) is 14.3 Å². The van der Waals surface area contributed by atoms with Crippen molar-refractivity contribution in [2.24, 2.45) is 0 Å². The number of benzene rings is 1. The molecule has 0 bridgehead atoms. The maximum Gasteiger partial charge on any atom is 0.129 e. The summed E-state index contributed by atoms with van der Waals surface area (Å²) in [5.41, 5.74) is 2.11. The highest BCUT2D eigenvalue weighted by atomic mass is 16.5. The summed E-state index contributed by atoms with van der Waals surface area (Å²) >= 11 is 0. The second kappa shape index (κ2) is 7.71. The minimum Gasteiger partial charge on any atom is -0.462 e. The fourth-order valence-electron chi connectivity index (χ4n) is 2.04. The molecule has 0 amide bonds. The third-order valence-electron chi connectivity index (χ3n) is 3.21. The van der Waals surface area contributed by atoms with Gasteiger partial charge in [0.2, 0.25) is 0 Å². The molecule has 2 aromatic rings. The Morgan fingerprint density at radius 1 is 1.14 bits per heavy atom. The van der Waals surface area contributed by atoms with Crippen LogP contribution in [0.5, 0.6) is 0 Å². The molecular formula is C16H22N2O3. The van der Waals surface area contributed by atoms with Crippen LogP contribution in [-0.4, -0.2) is 32.4 Å². The van der Waals surface area contributed by atoms with Crippen molar-refractivity contribution in [3.63, 3.8) is 0 Å². The minimum atomic E-state index is 0.152. The van der Waals surface area contributed by atoms with E-state index in [0.29, 0.717) is 19.7 Å². The molecule has 0 fully saturated rings. The lowest BCUT2D eigenvalue weighted by Crippen LogP contribution is -2.20. The molecule has 5 heteroatoms. The highest BCUT2D eigenvalue weighted by Crippen LogP contribution is 2.18. The van der Waals surface area contributed by atoms with Gasteiger partial charge in [-0.05, 0) is 36.4 Å². The number of furan rings is 1. The molecule has 0 atom stereocenters. The van der Waals surface area contributed by atoms with Crippen molar-refractivity contribution in [3.8, 4) is 0 Å². The van der Waals surface area contributed by atoms with Crippen molar-refractivity contribution in [3.05, 3.63) is 47.9 Å². The Labute approximate surface area is 125 Å². The van der Waals surface area contributed by atoms with E-state index in [0.717, 1.165) is 22.9 Å². The monoisotopic (exact) mass is 290 g/mol. The van der Waals surface area contributed by atoms with Crippen LogP contribution >= 0.6 is 0 Å². The second-order valence-corrected chi connectivity index (χ2v) is 4.85. The average molecular weight is 290 g/mol. The van der Waals surface area contributed by atoms with E-state index in [-0.39, 0.29) is 6.61 Å². The van der Waals surface area contributed by atoms with E-state index in [9.17, 15) is 0 Å². The van der Waals surface area contributed by atoms with E-state index in [1.807, 2.05) is 48.3 Å². The van der Waals surface area contributed by atoms with Crippen molar-refractivity contribution >= 4 is 11.4 Å². The number of methoxy groups -OCH3 is 1. The van der Waals surface area contributed by atoms with E-state index < -0.39 is 0 Å². The Hall–Kier alpha value is -1.98. The van der Waals surface area contributed by atoms with Crippen LogP contribution in [0.3, 0.4) is 0 Å². The van der Waals surface area contributed by atoms with Crippen molar-refractivity contribution in [2.45, 2.75) is 13.2 Å². The van der Waals surface area contributed by atoms with Gasteiger partial charge in [0.1, 0.15) is 18.1 Å². The number of nitrogens with one attached hydrogen (secondary N) is 1. The highest BCUT2D eigenvalue weighted by Gasteiger charge is 2.03. The predicted molar refractivity (Wildman–Crippen MR) is 83.5 cm³/mol. The summed E-state index contributed by atoms with van der Waals surface area (Å²) in [6.45, 7) is 1.90. The van der Waals surface area contributed by atoms with Crippen LogP contribution in [0.2, 0.25) is 0 Å². The summed E-state index contributed by atoms with van der Waals surface area (Å²) < 4.78 is 10.6. The van der Waals surface area contributed by atoms with Crippen LogP contribution in [0.15, 0.2) is 40.8 Å². The van der Waals surface area contributed by atoms with Crippen LogP contribution in [0.25, 0.3) is 0 Å². The van der Waals surface area contributed by atoms with Crippen LogP contribution in [0.1, 0.15) is 11.5 Å². The van der Waals surface area contributed by atoms with Gasteiger partial charge in [-0.1, -0.05) is 0 Å². The van der Waals surface area contributed by atoms with Gasteiger partial charge in [0.15, 0.2) is 0 Å². The van der Waals surface area contributed by atoms with Gasteiger partial charge in [0.05, 0.1) is 13.2 Å². The second-order valence-electron chi connectivity index (χ2n) is 4.85. The van der Waals surface area contributed by atoms with Gasteiger partial charge in [-0.15, -0.1) is 0 Å². The highest BCUT2D eigenvalue weighted by molar-refractivity contribution is 5.54. The first-order chi connectivity index (χ1) is 10.2. The zero-order valence-corrected chi connectivity index (χ0v) is 12.5. The molecule has 0 aliphatic rings.